The molecule has 0 bridgehead atoms. The summed E-state index contributed by atoms with van der Waals surface area (Å²) in [5.74, 6) is 0. The minimum absolute atomic E-state index is 0.915. The number of nitrogens with zero attached hydrogens (tertiary/aromatic N) is 3. The highest BCUT2D eigenvalue weighted by atomic mass is 15.2. The predicted molar refractivity (Wildman–Crippen MR) is 46.4 cm³/mol. The highest BCUT2D eigenvalue weighted by molar-refractivity contribution is 5.52. The first-order chi connectivity index (χ1) is 5.86. The van der Waals surface area contributed by atoms with Crippen LogP contribution in [0.25, 0.3) is 11.4 Å². The van der Waals surface area contributed by atoms with Crippen molar-refractivity contribution in [1.29, 1.82) is 0 Å². The molecule has 0 unspecified atom stereocenters. The fourth-order valence-electron chi connectivity index (χ4n) is 1.07. The lowest BCUT2D eigenvalue weighted by Crippen LogP contribution is -1.88. The Morgan fingerprint density at radius 2 is 2.08 bits per heavy atom. The number of aromatic nitrogens is 3. The van der Waals surface area contributed by atoms with Crippen LogP contribution in [0.2, 0.25) is 0 Å². The van der Waals surface area contributed by atoms with Crippen molar-refractivity contribution in [3.63, 3.8) is 0 Å². The Morgan fingerprint density at radius 3 is 2.67 bits per heavy atom. The lowest BCUT2D eigenvalue weighted by Gasteiger charge is -1.92. The molecule has 60 valence electrons. The first kappa shape index (κ1) is 7.03. The van der Waals surface area contributed by atoms with Crippen LogP contribution in [0.15, 0.2) is 36.7 Å². The fourth-order valence-corrected chi connectivity index (χ4v) is 1.07. The SMILES string of the molecule is Cn1ccc(-c2ccccn2)n1. The van der Waals surface area contributed by atoms with Crippen LogP contribution in [0.3, 0.4) is 0 Å². The quantitative estimate of drug-likeness (QED) is 0.631. The van der Waals surface area contributed by atoms with Gasteiger partial charge in [0.1, 0.15) is 5.69 Å². The van der Waals surface area contributed by atoms with Crippen LogP contribution in [0.1, 0.15) is 0 Å². The summed E-state index contributed by atoms with van der Waals surface area (Å²) in [4.78, 5) is 4.19. The molecular formula is C9H9N3. The molecule has 3 heteroatoms. The standard InChI is InChI=1S/C9H9N3/c1-12-7-5-9(11-12)8-4-2-3-6-10-8/h2-7H,1H3. The summed E-state index contributed by atoms with van der Waals surface area (Å²) in [6.45, 7) is 0. The molecule has 0 aliphatic carbocycles. The third-order valence-corrected chi connectivity index (χ3v) is 1.64. The van der Waals surface area contributed by atoms with Gasteiger partial charge in [0.15, 0.2) is 0 Å². The van der Waals surface area contributed by atoms with E-state index < -0.39 is 0 Å². The molecule has 0 aromatic carbocycles. The van der Waals surface area contributed by atoms with Gasteiger partial charge in [0.05, 0.1) is 5.69 Å². The van der Waals surface area contributed by atoms with Gasteiger partial charge in [-0.3, -0.25) is 9.67 Å². The van der Waals surface area contributed by atoms with Gasteiger partial charge >= 0.3 is 0 Å². The Labute approximate surface area is 70.7 Å². The summed E-state index contributed by atoms with van der Waals surface area (Å²) < 4.78 is 1.77. The van der Waals surface area contributed by atoms with Crippen LogP contribution in [0.4, 0.5) is 0 Å². The van der Waals surface area contributed by atoms with Crippen molar-refractivity contribution in [2.24, 2.45) is 7.05 Å². The van der Waals surface area contributed by atoms with E-state index in [2.05, 4.69) is 10.1 Å². The van der Waals surface area contributed by atoms with Gasteiger partial charge in [-0.05, 0) is 18.2 Å². The van der Waals surface area contributed by atoms with Crippen LogP contribution in [0, 0.1) is 0 Å². The second-order valence-electron chi connectivity index (χ2n) is 2.59. The number of pyridine rings is 1. The molecule has 12 heavy (non-hydrogen) atoms. The zero-order valence-electron chi connectivity index (χ0n) is 6.81. The Bertz CT molecular complexity index is 364. The molecule has 0 atom stereocenters. The van der Waals surface area contributed by atoms with Gasteiger partial charge in [0, 0.05) is 19.4 Å². The van der Waals surface area contributed by atoms with Crippen LogP contribution >= 0.6 is 0 Å². The summed E-state index contributed by atoms with van der Waals surface area (Å²) in [5.41, 5.74) is 1.83. The maximum absolute atomic E-state index is 4.24. The van der Waals surface area contributed by atoms with Crippen LogP contribution < -0.4 is 0 Å². The first-order valence-electron chi connectivity index (χ1n) is 3.77. The topological polar surface area (TPSA) is 30.7 Å². The van der Waals surface area contributed by atoms with Gasteiger partial charge in [-0.2, -0.15) is 5.10 Å². The smallest absolute Gasteiger partial charge is 0.111 e. The molecule has 0 fully saturated rings. The van der Waals surface area contributed by atoms with Crippen molar-refractivity contribution in [3.8, 4) is 11.4 Å². The monoisotopic (exact) mass is 159 g/mol. The Morgan fingerprint density at radius 1 is 1.17 bits per heavy atom. The van der Waals surface area contributed by atoms with E-state index in [9.17, 15) is 0 Å². The van der Waals surface area contributed by atoms with Crippen molar-refractivity contribution in [1.82, 2.24) is 14.8 Å². The summed E-state index contributed by atoms with van der Waals surface area (Å²) in [7, 11) is 1.90. The van der Waals surface area contributed by atoms with E-state index in [4.69, 9.17) is 0 Å². The average molecular weight is 159 g/mol. The summed E-state index contributed by atoms with van der Waals surface area (Å²) in [5, 5.41) is 4.24. The Hall–Kier alpha value is -1.64. The molecule has 2 heterocycles. The number of hydrogen-bond acceptors (Lipinski definition) is 2. The molecule has 0 spiro atoms. The zero-order valence-corrected chi connectivity index (χ0v) is 6.81. The summed E-state index contributed by atoms with van der Waals surface area (Å²) >= 11 is 0. The number of hydrogen-bond donors (Lipinski definition) is 0. The van der Waals surface area contributed by atoms with Crippen LogP contribution in [-0.4, -0.2) is 14.8 Å². The largest absolute Gasteiger partial charge is 0.275 e. The van der Waals surface area contributed by atoms with E-state index in [1.54, 1.807) is 10.9 Å². The highest BCUT2D eigenvalue weighted by Gasteiger charge is 1.99. The lowest BCUT2D eigenvalue weighted by molar-refractivity contribution is 0.770. The predicted octanol–water partition coefficient (Wildman–Crippen LogP) is 1.48. The van der Waals surface area contributed by atoms with Crippen molar-refractivity contribution in [2.75, 3.05) is 0 Å². The van der Waals surface area contributed by atoms with E-state index in [0.29, 0.717) is 0 Å². The molecule has 0 saturated carbocycles. The highest BCUT2D eigenvalue weighted by Crippen LogP contribution is 2.11. The Kier molecular flexibility index (Phi) is 1.63. The van der Waals surface area contributed by atoms with E-state index in [1.165, 1.54) is 0 Å². The molecule has 0 aliphatic heterocycles. The van der Waals surface area contributed by atoms with Crippen LogP contribution in [0.5, 0.6) is 0 Å². The van der Waals surface area contributed by atoms with Gasteiger partial charge in [0.25, 0.3) is 0 Å². The summed E-state index contributed by atoms with van der Waals surface area (Å²) in [6, 6.07) is 7.74. The molecule has 2 rings (SSSR count). The molecule has 0 aliphatic rings. The van der Waals surface area contributed by atoms with Gasteiger partial charge in [0.2, 0.25) is 0 Å². The molecule has 0 saturated heterocycles. The lowest BCUT2D eigenvalue weighted by atomic mass is 10.3. The van der Waals surface area contributed by atoms with Crippen molar-refractivity contribution in [3.05, 3.63) is 36.7 Å². The minimum atomic E-state index is 0.915. The third kappa shape index (κ3) is 1.21. The number of aryl methyl sites for hydroxylation is 1. The number of rotatable bonds is 1. The Balaban J connectivity index is 2.45. The van der Waals surface area contributed by atoms with Crippen molar-refractivity contribution in [2.45, 2.75) is 0 Å². The normalized spacial score (nSPS) is 10.1. The van der Waals surface area contributed by atoms with Crippen LogP contribution in [-0.2, 0) is 7.05 Å². The van der Waals surface area contributed by atoms with Gasteiger partial charge < -0.3 is 0 Å². The first-order valence-corrected chi connectivity index (χ1v) is 3.77. The molecule has 0 amide bonds. The van der Waals surface area contributed by atoms with E-state index in [-0.39, 0.29) is 0 Å². The molecule has 0 N–H and O–H groups in total. The van der Waals surface area contributed by atoms with Crippen molar-refractivity contribution >= 4 is 0 Å². The van der Waals surface area contributed by atoms with Gasteiger partial charge in [-0.25, -0.2) is 0 Å². The maximum Gasteiger partial charge on any atom is 0.111 e. The van der Waals surface area contributed by atoms with E-state index >= 15 is 0 Å². The second-order valence-corrected chi connectivity index (χ2v) is 2.59. The van der Waals surface area contributed by atoms with Gasteiger partial charge in [-0.15, -0.1) is 0 Å². The second kappa shape index (κ2) is 2.77. The molecule has 3 nitrogen and oxygen atoms in total. The molecular weight excluding hydrogens is 150 g/mol. The average Bonchev–Trinajstić information content (AvgIpc) is 2.54. The van der Waals surface area contributed by atoms with E-state index in [1.807, 2.05) is 37.5 Å². The minimum Gasteiger partial charge on any atom is -0.275 e. The van der Waals surface area contributed by atoms with Crippen molar-refractivity contribution < 1.29 is 0 Å². The van der Waals surface area contributed by atoms with Gasteiger partial charge in [-0.1, -0.05) is 6.07 Å². The maximum atomic E-state index is 4.24. The third-order valence-electron chi connectivity index (χ3n) is 1.64. The molecule has 2 aromatic rings. The fraction of sp³-hybridized carbons (Fsp3) is 0.111. The molecule has 2 aromatic heterocycles. The van der Waals surface area contributed by atoms with E-state index in [0.717, 1.165) is 11.4 Å². The zero-order chi connectivity index (χ0) is 8.39. The summed E-state index contributed by atoms with van der Waals surface area (Å²) in [6.07, 6.45) is 3.67. The molecule has 0 radical (unpaired) electrons.